The number of rotatable bonds is 13. The van der Waals surface area contributed by atoms with Crippen molar-refractivity contribution in [3.63, 3.8) is 0 Å². The van der Waals surface area contributed by atoms with Gasteiger partial charge in [-0.3, -0.25) is 23.5 Å². The molecular formula is C16H29NO11P2. The van der Waals surface area contributed by atoms with Crippen molar-refractivity contribution in [3.05, 3.63) is 10.8 Å². The van der Waals surface area contributed by atoms with Crippen LogP contribution in [0.25, 0.3) is 0 Å². The Kier molecular flexibility index (Phi) is 12.3. The van der Waals surface area contributed by atoms with Crippen LogP contribution in [-0.4, -0.2) is 59.5 Å². The molecule has 174 valence electrons. The van der Waals surface area contributed by atoms with E-state index < -0.39 is 49.7 Å². The smallest absolute Gasteiger partial charge is 0.377 e. The van der Waals surface area contributed by atoms with E-state index in [1.54, 1.807) is 0 Å². The van der Waals surface area contributed by atoms with Crippen LogP contribution < -0.4 is 5.32 Å². The third kappa shape index (κ3) is 6.73. The summed E-state index contributed by atoms with van der Waals surface area (Å²) in [5.41, 5.74) is -0.738. The third-order valence-electron chi connectivity index (χ3n) is 3.67. The summed E-state index contributed by atoms with van der Waals surface area (Å²) in [6.07, 6.45) is -0.0993. The van der Waals surface area contributed by atoms with E-state index in [4.69, 9.17) is 27.6 Å². The van der Waals surface area contributed by atoms with Crippen LogP contribution in [0.4, 0.5) is 0 Å². The maximum atomic E-state index is 13.4. The van der Waals surface area contributed by atoms with Gasteiger partial charge < -0.3 is 32.9 Å². The van der Waals surface area contributed by atoms with Crippen LogP contribution in [0.1, 0.15) is 27.2 Å². The maximum Gasteiger partial charge on any atom is 0.377 e. The number of carbonyl (C=O) groups is 3. The first-order valence-corrected chi connectivity index (χ1v) is 11.9. The van der Waals surface area contributed by atoms with Crippen molar-refractivity contribution in [1.82, 2.24) is 5.32 Å². The lowest BCUT2D eigenvalue weighted by Crippen LogP contribution is -2.34. The van der Waals surface area contributed by atoms with Gasteiger partial charge in [-0.2, -0.15) is 0 Å². The number of carbonyl (C=O) groups excluding carboxylic acids is 3. The predicted octanol–water partition coefficient (Wildman–Crippen LogP) is 2.40. The summed E-state index contributed by atoms with van der Waals surface area (Å²) >= 11 is 0. The second-order valence-corrected chi connectivity index (χ2v) is 9.68. The first kappa shape index (κ1) is 28.5. The highest BCUT2D eigenvalue weighted by atomic mass is 31.2. The Morgan fingerprint density at radius 2 is 1.17 bits per heavy atom. The quantitative estimate of drug-likeness (QED) is 0.238. The number of hydrogen-bond donors (Lipinski definition) is 1. The molecule has 0 unspecified atom stereocenters. The molecule has 0 aliphatic heterocycles. The Labute approximate surface area is 175 Å². The molecule has 0 rings (SSSR count). The SMILES string of the molecule is CCOC(=O)C(C(=O)OCC)/C(=C(\NC(=O)CC)P(=O)(OC)OC)P(=O)(OC)OC. The number of amides is 1. The molecule has 0 aliphatic rings. The fourth-order valence-corrected chi connectivity index (χ4v) is 5.52. The van der Waals surface area contributed by atoms with Gasteiger partial charge >= 0.3 is 27.1 Å². The molecule has 14 heteroatoms. The molecule has 0 aromatic heterocycles. The van der Waals surface area contributed by atoms with E-state index in [1.807, 2.05) is 0 Å². The summed E-state index contributed by atoms with van der Waals surface area (Å²) in [6, 6.07) is 0. The molecule has 0 fully saturated rings. The lowest BCUT2D eigenvalue weighted by Gasteiger charge is -2.28. The van der Waals surface area contributed by atoms with Crippen molar-refractivity contribution in [3.8, 4) is 0 Å². The molecule has 0 spiro atoms. The maximum absolute atomic E-state index is 13.4. The van der Waals surface area contributed by atoms with Crippen LogP contribution in [0.2, 0.25) is 0 Å². The summed E-state index contributed by atoms with van der Waals surface area (Å²) in [4.78, 5) is 37.5. The number of ether oxygens (including phenoxy) is 2. The van der Waals surface area contributed by atoms with Crippen LogP contribution >= 0.6 is 15.2 Å². The normalized spacial score (nSPS) is 12.9. The van der Waals surface area contributed by atoms with Gasteiger partial charge in [0.05, 0.1) is 18.5 Å². The summed E-state index contributed by atoms with van der Waals surface area (Å²) in [5, 5.41) is 1.46. The average Bonchev–Trinajstić information content (AvgIpc) is 2.74. The molecule has 1 amide bonds. The number of esters is 2. The Balaban J connectivity index is 7.44. The zero-order chi connectivity index (χ0) is 23.5. The summed E-state index contributed by atoms with van der Waals surface area (Å²) in [7, 11) is -4.99. The fraction of sp³-hybridized carbons (Fsp3) is 0.688. The molecule has 1 N–H and O–H groups in total. The Morgan fingerprint density at radius 3 is 1.47 bits per heavy atom. The first-order valence-electron chi connectivity index (χ1n) is 8.86. The fourth-order valence-electron chi connectivity index (χ4n) is 2.22. The molecule has 0 aromatic rings. The molecule has 0 radical (unpaired) electrons. The van der Waals surface area contributed by atoms with Crippen molar-refractivity contribution < 1.29 is 51.1 Å². The average molecular weight is 473 g/mol. The minimum absolute atomic E-state index is 0.0993. The Hall–Kier alpha value is -1.55. The van der Waals surface area contributed by atoms with Gasteiger partial charge in [0.25, 0.3) is 0 Å². The van der Waals surface area contributed by atoms with E-state index in [1.165, 1.54) is 20.8 Å². The molecule has 0 saturated carbocycles. The van der Waals surface area contributed by atoms with Crippen LogP contribution in [0, 0.1) is 5.92 Å². The van der Waals surface area contributed by atoms with Gasteiger partial charge in [0.15, 0.2) is 5.92 Å². The summed E-state index contributed by atoms with van der Waals surface area (Å²) < 4.78 is 56.2. The van der Waals surface area contributed by atoms with Crippen molar-refractivity contribution in [1.29, 1.82) is 0 Å². The molecule has 0 saturated heterocycles. The minimum atomic E-state index is -4.52. The van der Waals surface area contributed by atoms with E-state index in [0.29, 0.717) is 0 Å². The van der Waals surface area contributed by atoms with Crippen molar-refractivity contribution in [2.45, 2.75) is 27.2 Å². The highest BCUT2D eigenvalue weighted by molar-refractivity contribution is 7.63. The molecule has 0 aromatic carbocycles. The van der Waals surface area contributed by atoms with E-state index in [9.17, 15) is 23.5 Å². The molecule has 30 heavy (non-hydrogen) atoms. The Morgan fingerprint density at radius 1 is 0.767 bits per heavy atom. The van der Waals surface area contributed by atoms with Crippen LogP contribution in [-0.2, 0) is 51.1 Å². The molecule has 0 aliphatic carbocycles. The largest absolute Gasteiger partial charge is 0.465 e. The van der Waals surface area contributed by atoms with Gasteiger partial charge in [0.1, 0.15) is 5.44 Å². The van der Waals surface area contributed by atoms with Crippen molar-refractivity contribution in [2.75, 3.05) is 41.7 Å². The van der Waals surface area contributed by atoms with Gasteiger partial charge in [-0.1, -0.05) is 6.92 Å². The van der Waals surface area contributed by atoms with Crippen LogP contribution in [0.15, 0.2) is 10.8 Å². The minimum Gasteiger partial charge on any atom is -0.465 e. The van der Waals surface area contributed by atoms with Crippen molar-refractivity contribution in [2.24, 2.45) is 5.92 Å². The monoisotopic (exact) mass is 473 g/mol. The van der Waals surface area contributed by atoms with Gasteiger partial charge in [0.2, 0.25) is 5.91 Å². The van der Waals surface area contributed by atoms with E-state index in [0.717, 1.165) is 28.4 Å². The lowest BCUT2D eigenvalue weighted by atomic mass is 10.1. The number of hydrogen-bond acceptors (Lipinski definition) is 11. The number of nitrogens with one attached hydrogen (secondary N) is 1. The third-order valence-corrected chi connectivity index (χ3v) is 7.74. The van der Waals surface area contributed by atoms with Crippen LogP contribution in [0.5, 0.6) is 0 Å². The standard InChI is InChI=1S/C16H29NO11P2/c1-8-11(18)17-14(30(22,25-6)26-7)13(29(21,23-4)24-5)12(15(19)27-9-2)16(20)28-10-3/h12H,8-10H2,1-7H3,(H,17,18)/b14-13-. The van der Waals surface area contributed by atoms with Gasteiger partial charge in [-0.15, -0.1) is 0 Å². The zero-order valence-electron chi connectivity index (χ0n) is 18.1. The van der Waals surface area contributed by atoms with Gasteiger partial charge in [-0.25, -0.2) is 0 Å². The molecule has 0 bridgehead atoms. The summed E-state index contributed by atoms with van der Waals surface area (Å²) in [6.45, 7) is 4.15. The highest BCUT2D eigenvalue weighted by Gasteiger charge is 2.50. The van der Waals surface area contributed by atoms with E-state index in [-0.39, 0.29) is 19.6 Å². The van der Waals surface area contributed by atoms with Gasteiger partial charge in [0, 0.05) is 34.9 Å². The summed E-state index contributed by atoms with van der Waals surface area (Å²) in [5.74, 6) is -5.15. The molecular weight excluding hydrogens is 444 g/mol. The van der Waals surface area contributed by atoms with E-state index >= 15 is 0 Å². The second kappa shape index (κ2) is 13.0. The molecule has 0 atom stereocenters. The zero-order valence-corrected chi connectivity index (χ0v) is 19.9. The van der Waals surface area contributed by atoms with Crippen molar-refractivity contribution >= 4 is 33.0 Å². The molecule has 0 heterocycles. The highest BCUT2D eigenvalue weighted by Crippen LogP contribution is 2.66. The van der Waals surface area contributed by atoms with Crippen LogP contribution in [0.3, 0.4) is 0 Å². The molecule has 12 nitrogen and oxygen atoms in total. The van der Waals surface area contributed by atoms with Gasteiger partial charge in [-0.05, 0) is 13.8 Å². The first-order chi connectivity index (χ1) is 14.0. The second-order valence-electron chi connectivity index (χ2n) is 5.30. The van der Waals surface area contributed by atoms with E-state index in [2.05, 4.69) is 5.32 Å². The topological polar surface area (TPSA) is 153 Å². The predicted molar refractivity (Wildman–Crippen MR) is 105 cm³/mol. The Bertz CT molecular complexity index is 715. The lowest BCUT2D eigenvalue weighted by molar-refractivity contribution is -0.159.